The molecule has 0 aromatic heterocycles. The lowest BCUT2D eigenvalue weighted by atomic mass is 10.1. The molecule has 1 aliphatic heterocycles. The van der Waals surface area contributed by atoms with E-state index in [2.05, 4.69) is 6.92 Å². The predicted molar refractivity (Wildman–Crippen MR) is 86.9 cm³/mol. The topological polar surface area (TPSA) is 23.6 Å². The highest BCUT2D eigenvalue weighted by molar-refractivity contribution is 7.80. The summed E-state index contributed by atoms with van der Waals surface area (Å²) in [5, 5.41) is 0.650. The highest BCUT2D eigenvalue weighted by atomic mass is 32.1. The third-order valence-electron chi connectivity index (χ3n) is 3.61. The molecule has 1 aromatic carbocycles. The predicted octanol–water partition coefficient (Wildman–Crippen LogP) is 3.59. The van der Waals surface area contributed by atoms with E-state index in [1.165, 1.54) is 25.7 Å². The molecule has 0 bridgehead atoms. The van der Waals surface area contributed by atoms with Crippen LogP contribution in [0.5, 0.6) is 0 Å². The van der Waals surface area contributed by atoms with Crippen molar-refractivity contribution in [3.63, 3.8) is 0 Å². The zero-order valence-electron chi connectivity index (χ0n) is 12.0. The summed E-state index contributed by atoms with van der Waals surface area (Å²) in [6.07, 6.45) is 5.96. The van der Waals surface area contributed by atoms with Crippen molar-refractivity contribution in [2.75, 3.05) is 18.0 Å². The Morgan fingerprint density at radius 3 is 2.50 bits per heavy atom. The highest BCUT2D eigenvalue weighted by Gasteiger charge is 2.32. The maximum absolute atomic E-state index is 12.1. The average Bonchev–Trinajstić information content (AvgIpc) is 2.75. The summed E-state index contributed by atoms with van der Waals surface area (Å²) in [5.41, 5.74) is 0.999. The normalized spacial score (nSPS) is 15.2. The van der Waals surface area contributed by atoms with E-state index >= 15 is 0 Å². The zero-order valence-corrected chi connectivity index (χ0v) is 12.9. The van der Waals surface area contributed by atoms with E-state index in [0.29, 0.717) is 11.7 Å². The minimum atomic E-state index is 0.120. The molecular formula is C16H22N2OS. The van der Waals surface area contributed by atoms with Crippen molar-refractivity contribution in [1.29, 1.82) is 0 Å². The smallest absolute Gasteiger partial charge is 0.248 e. The van der Waals surface area contributed by atoms with Crippen LogP contribution >= 0.6 is 12.2 Å². The number of anilines is 1. The number of rotatable bonds is 7. The van der Waals surface area contributed by atoms with Gasteiger partial charge in [-0.05, 0) is 30.8 Å². The average molecular weight is 290 g/mol. The summed E-state index contributed by atoms with van der Waals surface area (Å²) in [6.45, 7) is 3.33. The quantitative estimate of drug-likeness (QED) is 0.566. The van der Waals surface area contributed by atoms with Gasteiger partial charge in [-0.3, -0.25) is 9.69 Å². The van der Waals surface area contributed by atoms with Crippen molar-refractivity contribution in [1.82, 2.24) is 4.90 Å². The van der Waals surface area contributed by atoms with Gasteiger partial charge in [0.15, 0.2) is 5.11 Å². The molecule has 20 heavy (non-hydrogen) atoms. The molecule has 0 atom stereocenters. The lowest BCUT2D eigenvalue weighted by Crippen LogP contribution is -2.33. The molecule has 3 nitrogen and oxygen atoms in total. The fraction of sp³-hybridized carbons (Fsp3) is 0.500. The molecule has 1 heterocycles. The van der Waals surface area contributed by atoms with Crippen molar-refractivity contribution >= 4 is 28.9 Å². The van der Waals surface area contributed by atoms with E-state index in [0.717, 1.165) is 18.7 Å². The van der Waals surface area contributed by atoms with E-state index in [1.807, 2.05) is 35.2 Å². The molecule has 1 saturated heterocycles. The van der Waals surface area contributed by atoms with Crippen LogP contribution < -0.4 is 4.90 Å². The van der Waals surface area contributed by atoms with Crippen LogP contribution in [-0.2, 0) is 4.79 Å². The second-order valence-corrected chi connectivity index (χ2v) is 5.53. The minimum absolute atomic E-state index is 0.120. The highest BCUT2D eigenvalue weighted by Crippen LogP contribution is 2.21. The van der Waals surface area contributed by atoms with Crippen molar-refractivity contribution in [2.24, 2.45) is 0 Å². The molecule has 0 unspecified atom stereocenters. The van der Waals surface area contributed by atoms with Crippen LogP contribution in [0.15, 0.2) is 30.3 Å². The molecule has 2 rings (SSSR count). The van der Waals surface area contributed by atoms with Gasteiger partial charge in [0.05, 0.1) is 0 Å². The van der Waals surface area contributed by atoms with Gasteiger partial charge < -0.3 is 4.90 Å². The molecule has 0 spiro atoms. The first kappa shape index (κ1) is 15.0. The van der Waals surface area contributed by atoms with E-state index < -0.39 is 0 Å². The van der Waals surface area contributed by atoms with Crippen LogP contribution in [0.4, 0.5) is 5.69 Å². The van der Waals surface area contributed by atoms with E-state index in [-0.39, 0.29) is 5.91 Å². The van der Waals surface area contributed by atoms with Gasteiger partial charge in [0.1, 0.15) is 6.54 Å². The number of carbonyl (C=O) groups excluding carboxylic acids is 1. The fourth-order valence-corrected chi connectivity index (χ4v) is 2.81. The summed E-state index contributed by atoms with van der Waals surface area (Å²) in [6, 6.07) is 9.89. The molecular weight excluding hydrogens is 268 g/mol. The Bertz CT molecular complexity index is 461. The van der Waals surface area contributed by atoms with Crippen LogP contribution in [0.3, 0.4) is 0 Å². The summed E-state index contributed by atoms with van der Waals surface area (Å²) in [4.78, 5) is 15.8. The number of amides is 1. The standard InChI is InChI=1S/C16H22N2OS/c1-2-3-4-5-9-12-17-15(19)13-18(16(17)20)14-10-7-6-8-11-14/h6-8,10-11H,2-5,9,12-13H2,1H3. The third kappa shape index (κ3) is 3.57. The molecule has 0 aliphatic carbocycles. The van der Waals surface area contributed by atoms with Gasteiger partial charge in [0, 0.05) is 12.2 Å². The van der Waals surface area contributed by atoms with Crippen molar-refractivity contribution in [3.8, 4) is 0 Å². The van der Waals surface area contributed by atoms with Gasteiger partial charge in [-0.25, -0.2) is 0 Å². The van der Waals surface area contributed by atoms with Crippen LogP contribution in [0, 0.1) is 0 Å². The first-order valence-corrected chi connectivity index (χ1v) is 7.81. The number of para-hydroxylation sites is 1. The lowest BCUT2D eigenvalue weighted by Gasteiger charge is -2.20. The van der Waals surface area contributed by atoms with Gasteiger partial charge >= 0.3 is 0 Å². The largest absolute Gasteiger partial charge is 0.309 e. The number of hydrogen-bond donors (Lipinski definition) is 0. The number of hydrogen-bond acceptors (Lipinski definition) is 2. The molecule has 4 heteroatoms. The Hall–Kier alpha value is -1.42. The number of carbonyl (C=O) groups is 1. The zero-order chi connectivity index (χ0) is 14.4. The van der Waals surface area contributed by atoms with Crippen LogP contribution in [0.1, 0.15) is 39.0 Å². The Kier molecular flexibility index (Phi) is 5.53. The molecule has 1 fully saturated rings. The SMILES string of the molecule is CCCCCCCN1C(=O)CN(c2ccccc2)C1=S. The fourth-order valence-electron chi connectivity index (χ4n) is 2.44. The number of thiocarbonyl (C=S) groups is 1. The third-order valence-corrected chi connectivity index (χ3v) is 4.05. The van der Waals surface area contributed by atoms with Gasteiger partial charge in [-0.2, -0.15) is 0 Å². The van der Waals surface area contributed by atoms with E-state index in [4.69, 9.17) is 12.2 Å². The number of unbranched alkanes of at least 4 members (excludes halogenated alkanes) is 4. The van der Waals surface area contributed by atoms with Crippen LogP contribution in [-0.4, -0.2) is 29.0 Å². The molecule has 0 N–H and O–H groups in total. The summed E-state index contributed by atoms with van der Waals surface area (Å²) < 4.78 is 0. The second-order valence-electron chi connectivity index (χ2n) is 5.16. The summed E-state index contributed by atoms with van der Waals surface area (Å²) in [5.74, 6) is 0.120. The molecule has 1 amide bonds. The second kappa shape index (κ2) is 7.39. The molecule has 1 aliphatic rings. The van der Waals surface area contributed by atoms with Gasteiger partial charge in [0.25, 0.3) is 0 Å². The molecule has 108 valence electrons. The number of nitrogens with zero attached hydrogens (tertiary/aromatic N) is 2. The van der Waals surface area contributed by atoms with Gasteiger partial charge in [0.2, 0.25) is 5.91 Å². The molecule has 0 saturated carbocycles. The van der Waals surface area contributed by atoms with Crippen molar-refractivity contribution in [3.05, 3.63) is 30.3 Å². The van der Waals surface area contributed by atoms with Gasteiger partial charge in [-0.1, -0.05) is 50.8 Å². The Morgan fingerprint density at radius 2 is 1.80 bits per heavy atom. The maximum atomic E-state index is 12.1. The summed E-state index contributed by atoms with van der Waals surface area (Å²) >= 11 is 5.45. The summed E-state index contributed by atoms with van der Waals surface area (Å²) in [7, 11) is 0. The lowest BCUT2D eigenvalue weighted by molar-refractivity contribution is -0.124. The minimum Gasteiger partial charge on any atom is -0.309 e. The molecule has 0 radical (unpaired) electrons. The molecule has 1 aromatic rings. The number of benzene rings is 1. The van der Waals surface area contributed by atoms with Crippen LogP contribution in [0.2, 0.25) is 0 Å². The van der Waals surface area contributed by atoms with Gasteiger partial charge in [-0.15, -0.1) is 0 Å². The first-order chi connectivity index (χ1) is 9.74. The first-order valence-electron chi connectivity index (χ1n) is 7.41. The monoisotopic (exact) mass is 290 g/mol. The Morgan fingerprint density at radius 1 is 1.10 bits per heavy atom. The maximum Gasteiger partial charge on any atom is 0.248 e. The van der Waals surface area contributed by atoms with Crippen LogP contribution in [0.25, 0.3) is 0 Å². The Labute approximate surface area is 126 Å². The van der Waals surface area contributed by atoms with E-state index in [9.17, 15) is 4.79 Å². The van der Waals surface area contributed by atoms with E-state index in [1.54, 1.807) is 4.90 Å². The Balaban J connectivity index is 1.89. The van der Waals surface area contributed by atoms with Crippen molar-refractivity contribution in [2.45, 2.75) is 39.0 Å². The van der Waals surface area contributed by atoms with Crippen molar-refractivity contribution < 1.29 is 4.79 Å².